The number of benzene rings is 2. The number of amides is 3. The predicted molar refractivity (Wildman–Crippen MR) is 129 cm³/mol. The summed E-state index contributed by atoms with van der Waals surface area (Å²) in [4.78, 5) is 44.0. The van der Waals surface area contributed by atoms with Gasteiger partial charge in [0.1, 0.15) is 11.9 Å². The first-order chi connectivity index (χ1) is 17.0. The van der Waals surface area contributed by atoms with Crippen molar-refractivity contribution in [2.75, 3.05) is 52.4 Å². The molecular weight excluding hydrogens is 448 g/mol. The summed E-state index contributed by atoms with van der Waals surface area (Å²) in [5.41, 5.74) is 1.34. The number of hydrogen-bond acceptors (Lipinski definition) is 5. The number of rotatable bonds is 5. The van der Waals surface area contributed by atoms with Crippen molar-refractivity contribution < 1.29 is 24.2 Å². The molecule has 0 spiro atoms. The lowest BCUT2D eigenvalue weighted by atomic mass is 10.0. The zero-order valence-corrected chi connectivity index (χ0v) is 19.6. The van der Waals surface area contributed by atoms with Crippen LogP contribution in [0.4, 0.5) is 4.79 Å². The lowest BCUT2D eigenvalue weighted by Crippen LogP contribution is -2.64. The number of carboxylic acid groups (broad SMARTS) is 1. The van der Waals surface area contributed by atoms with Crippen molar-refractivity contribution in [1.29, 1.82) is 0 Å². The molecule has 3 aliphatic rings. The third-order valence-electron chi connectivity index (χ3n) is 7.11. The minimum absolute atomic E-state index is 0.00334. The fourth-order valence-corrected chi connectivity index (χ4v) is 4.95. The maximum absolute atomic E-state index is 12.9. The van der Waals surface area contributed by atoms with Crippen LogP contribution in [0.1, 0.15) is 27.1 Å². The third kappa shape index (κ3) is 5.09. The van der Waals surface area contributed by atoms with E-state index >= 15 is 0 Å². The molecule has 2 aromatic carbocycles. The van der Waals surface area contributed by atoms with Crippen molar-refractivity contribution >= 4 is 17.9 Å². The first-order valence-electron chi connectivity index (χ1n) is 12.1. The largest absolute Gasteiger partial charge is 0.489 e. The highest BCUT2D eigenvalue weighted by Crippen LogP contribution is 2.23. The summed E-state index contributed by atoms with van der Waals surface area (Å²) in [6.07, 6.45) is -0.420. The van der Waals surface area contributed by atoms with Gasteiger partial charge in [-0.15, -0.1) is 0 Å². The van der Waals surface area contributed by atoms with Gasteiger partial charge in [-0.05, 0) is 36.4 Å². The Morgan fingerprint density at radius 1 is 0.714 bits per heavy atom. The van der Waals surface area contributed by atoms with Crippen LogP contribution in [-0.4, -0.2) is 107 Å². The van der Waals surface area contributed by atoms with Crippen molar-refractivity contribution in [1.82, 2.24) is 19.6 Å². The summed E-state index contributed by atoms with van der Waals surface area (Å²) in [5.74, 6) is 0.724. The SMILES string of the molecule is O=C(O)N1CC[C@@H](Oc2ccc(C(=O)N3CC(N4CCN(C(=O)c5ccccc5)CC4)C3)cc2)C1. The van der Waals surface area contributed by atoms with Crippen LogP contribution >= 0.6 is 0 Å². The molecule has 2 aromatic rings. The summed E-state index contributed by atoms with van der Waals surface area (Å²) in [7, 11) is 0. The minimum atomic E-state index is -0.924. The van der Waals surface area contributed by atoms with E-state index < -0.39 is 6.09 Å². The van der Waals surface area contributed by atoms with E-state index in [1.807, 2.05) is 40.1 Å². The number of ether oxygens (including phenoxy) is 1. The first-order valence-corrected chi connectivity index (χ1v) is 12.1. The van der Waals surface area contributed by atoms with Gasteiger partial charge >= 0.3 is 6.09 Å². The highest BCUT2D eigenvalue weighted by molar-refractivity contribution is 5.95. The Balaban J connectivity index is 1.06. The number of hydrogen-bond donors (Lipinski definition) is 1. The zero-order valence-electron chi connectivity index (χ0n) is 19.6. The molecule has 3 amide bonds. The van der Waals surface area contributed by atoms with E-state index in [-0.39, 0.29) is 17.9 Å². The highest BCUT2D eigenvalue weighted by atomic mass is 16.5. The van der Waals surface area contributed by atoms with E-state index in [1.165, 1.54) is 4.90 Å². The lowest BCUT2D eigenvalue weighted by molar-refractivity contribution is 0.00853. The number of likely N-dealkylation sites (tertiary alicyclic amines) is 2. The summed E-state index contributed by atoms with van der Waals surface area (Å²) in [5, 5.41) is 9.06. The zero-order chi connectivity index (χ0) is 24.4. The van der Waals surface area contributed by atoms with Crippen molar-refractivity contribution in [3.8, 4) is 5.75 Å². The van der Waals surface area contributed by atoms with E-state index in [2.05, 4.69) is 4.90 Å². The second-order valence-electron chi connectivity index (χ2n) is 9.34. The molecule has 9 heteroatoms. The van der Waals surface area contributed by atoms with Crippen molar-refractivity contribution in [3.63, 3.8) is 0 Å². The van der Waals surface area contributed by atoms with Crippen LogP contribution in [0.5, 0.6) is 5.75 Å². The minimum Gasteiger partial charge on any atom is -0.489 e. The van der Waals surface area contributed by atoms with Crippen molar-refractivity contribution in [2.24, 2.45) is 0 Å². The maximum Gasteiger partial charge on any atom is 0.407 e. The van der Waals surface area contributed by atoms with Crippen LogP contribution in [0, 0.1) is 0 Å². The molecule has 1 N–H and O–H groups in total. The molecule has 3 heterocycles. The van der Waals surface area contributed by atoms with Gasteiger partial charge in [-0.25, -0.2) is 4.79 Å². The number of nitrogens with zero attached hydrogens (tertiary/aromatic N) is 4. The molecule has 3 fully saturated rings. The average molecular weight is 479 g/mol. The monoisotopic (exact) mass is 478 g/mol. The molecule has 0 bridgehead atoms. The van der Waals surface area contributed by atoms with Gasteiger partial charge in [-0.1, -0.05) is 18.2 Å². The predicted octanol–water partition coefficient (Wildman–Crippen LogP) is 2.10. The van der Waals surface area contributed by atoms with Gasteiger partial charge in [0.2, 0.25) is 0 Å². The van der Waals surface area contributed by atoms with Gasteiger partial charge in [-0.3, -0.25) is 14.5 Å². The normalized spacial score (nSPS) is 21.0. The van der Waals surface area contributed by atoms with Gasteiger partial charge in [0.05, 0.1) is 6.54 Å². The standard InChI is InChI=1S/C26H30N4O5/c31-24(19-4-2-1-3-5-19)28-14-12-27(13-15-28)21-16-30(17-21)25(32)20-6-8-22(9-7-20)35-23-10-11-29(18-23)26(33)34/h1-9,21,23H,10-18H2,(H,33,34)/t23-/m1/s1. The Bertz CT molecular complexity index is 1060. The van der Waals surface area contributed by atoms with Gasteiger partial charge in [0.25, 0.3) is 11.8 Å². The van der Waals surface area contributed by atoms with E-state index in [0.29, 0.717) is 63.0 Å². The molecule has 0 radical (unpaired) electrons. The molecule has 35 heavy (non-hydrogen) atoms. The summed E-state index contributed by atoms with van der Waals surface area (Å²) >= 11 is 0. The number of carbonyl (C=O) groups excluding carboxylic acids is 2. The lowest BCUT2D eigenvalue weighted by Gasteiger charge is -2.48. The Morgan fingerprint density at radius 2 is 1.34 bits per heavy atom. The van der Waals surface area contributed by atoms with Crippen molar-refractivity contribution in [3.05, 3.63) is 65.7 Å². The van der Waals surface area contributed by atoms with E-state index in [4.69, 9.17) is 9.84 Å². The number of carbonyl (C=O) groups is 3. The molecule has 0 aliphatic carbocycles. The molecular formula is C26H30N4O5. The van der Waals surface area contributed by atoms with Gasteiger partial charge < -0.3 is 24.5 Å². The number of piperazine rings is 1. The topological polar surface area (TPSA) is 93.6 Å². The molecule has 184 valence electrons. The fraction of sp³-hybridized carbons (Fsp3) is 0.423. The molecule has 3 aliphatic heterocycles. The molecule has 3 saturated heterocycles. The average Bonchev–Trinajstić information content (AvgIpc) is 3.33. The van der Waals surface area contributed by atoms with Gasteiger partial charge in [-0.2, -0.15) is 0 Å². The van der Waals surface area contributed by atoms with Crippen LogP contribution in [0.3, 0.4) is 0 Å². The molecule has 0 saturated carbocycles. The van der Waals surface area contributed by atoms with E-state index in [9.17, 15) is 14.4 Å². The van der Waals surface area contributed by atoms with Crippen LogP contribution < -0.4 is 4.74 Å². The molecule has 1 atom stereocenters. The second-order valence-corrected chi connectivity index (χ2v) is 9.34. The van der Waals surface area contributed by atoms with Crippen LogP contribution in [0.15, 0.2) is 54.6 Å². The Kier molecular flexibility index (Phi) is 6.59. The highest BCUT2D eigenvalue weighted by Gasteiger charge is 2.37. The molecule has 0 unspecified atom stereocenters. The summed E-state index contributed by atoms with van der Waals surface area (Å²) in [6.45, 7) is 5.25. The van der Waals surface area contributed by atoms with Crippen LogP contribution in [-0.2, 0) is 0 Å². The quantitative estimate of drug-likeness (QED) is 0.708. The maximum atomic E-state index is 12.9. The van der Waals surface area contributed by atoms with Gasteiger partial charge in [0, 0.05) is 69.4 Å². The van der Waals surface area contributed by atoms with E-state index in [0.717, 1.165) is 18.7 Å². The third-order valence-corrected chi connectivity index (χ3v) is 7.11. The molecule has 0 aromatic heterocycles. The summed E-state index contributed by atoms with van der Waals surface area (Å²) in [6, 6.07) is 16.8. The Morgan fingerprint density at radius 3 is 1.97 bits per heavy atom. The van der Waals surface area contributed by atoms with E-state index in [1.54, 1.807) is 24.3 Å². The van der Waals surface area contributed by atoms with Crippen LogP contribution in [0.25, 0.3) is 0 Å². The van der Waals surface area contributed by atoms with Gasteiger partial charge in [0.15, 0.2) is 0 Å². The Hall–Kier alpha value is -3.59. The summed E-state index contributed by atoms with van der Waals surface area (Å²) < 4.78 is 5.88. The van der Waals surface area contributed by atoms with Crippen LogP contribution in [0.2, 0.25) is 0 Å². The smallest absolute Gasteiger partial charge is 0.407 e. The molecule has 5 rings (SSSR count). The molecule has 9 nitrogen and oxygen atoms in total. The first kappa shape index (κ1) is 23.2. The second kappa shape index (κ2) is 9.95. The fourth-order valence-electron chi connectivity index (χ4n) is 4.95. The van der Waals surface area contributed by atoms with Crippen molar-refractivity contribution in [2.45, 2.75) is 18.6 Å². The Labute approximate surface area is 204 Å².